The van der Waals surface area contributed by atoms with Gasteiger partial charge in [0.25, 0.3) is 5.91 Å². The molecule has 0 bridgehead atoms. The number of nitrogens with zero attached hydrogens (tertiary/aromatic N) is 2. The van der Waals surface area contributed by atoms with Crippen LogP contribution in [-0.2, 0) is 14.8 Å². The first-order chi connectivity index (χ1) is 10.8. The number of sulfonamides is 1. The molecular weight excluding hydrogens is 340 g/mol. The molecule has 1 aliphatic rings. The molecule has 0 atom stereocenters. The largest absolute Gasteiger partial charge is 0.480 e. The maximum atomic E-state index is 12.5. The molecule has 7 nitrogen and oxygen atoms in total. The molecule has 9 heteroatoms. The highest BCUT2D eigenvalue weighted by molar-refractivity contribution is 7.89. The van der Waals surface area contributed by atoms with Gasteiger partial charge in [-0.3, -0.25) is 9.59 Å². The summed E-state index contributed by atoms with van der Waals surface area (Å²) in [6.45, 7) is 1.85. The van der Waals surface area contributed by atoms with E-state index in [9.17, 15) is 18.0 Å². The topological polar surface area (TPSA) is 95.0 Å². The van der Waals surface area contributed by atoms with Gasteiger partial charge in [-0.05, 0) is 31.2 Å². The van der Waals surface area contributed by atoms with Crippen molar-refractivity contribution in [2.45, 2.75) is 25.8 Å². The van der Waals surface area contributed by atoms with E-state index >= 15 is 0 Å². The number of carboxylic acids is 1. The van der Waals surface area contributed by atoms with Gasteiger partial charge in [0.05, 0.1) is 11.3 Å². The van der Waals surface area contributed by atoms with Gasteiger partial charge in [0.15, 0.2) is 0 Å². The summed E-state index contributed by atoms with van der Waals surface area (Å²) in [7, 11) is -3.24. The van der Waals surface area contributed by atoms with Gasteiger partial charge >= 0.3 is 5.97 Å². The molecule has 0 radical (unpaired) electrons. The second-order valence-corrected chi connectivity index (χ2v) is 8.41. The summed E-state index contributed by atoms with van der Waals surface area (Å²) in [4.78, 5) is 25.0. The van der Waals surface area contributed by atoms with Crippen molar-refractivity contribution in [2.75, 3.05) is 25.4 Å². The first-order valence-corrected chi connectivity index (χ1v) is 9.93. The molecular formula is C14H20N2O5S2. The summed E-state index contributed by atoms with van der Waals surface area (Å²) in [6.07, 6.45) is 0.894. The molecule has 1 N–H and O–H groups in total. The first-order valence-electron chi connectivity index (χ1n) is 7.38. The summed E-state index contributed by atoms with van der Waals surface area (Å²) in [6, 6.07) is 1.40. The molecule has 2 heterocycles. The van der Waals surface area contributed by atoms with Crippen molar-refractivity contribution in [1.82, 2.24) is 9.21 Å². The molecule has 1 saturated heterocycles. The summed E-state index contributed by atoms with van der Waals surface area (Å²) in [5.74, 6) is -1.34. The van der Waals surface area contributed by atoms with Gasteiger partial charge in [-0.2, -0.15) is 11.3 Å². The average Bonchev–Trinajstić information content (AvgIpc) is 3.06. The lowest BCUT2D eigenvalue weighted by Crippen LogP contribution is -2.50. The second-order valence-electron chi connectivity index (χ2n) is 5.37. The van der Waals surface area contributed by atoms with Crippen LogP contribution in [0.5, 0.6) is 0 Å². The lowest BCUT2D eigenvalue weighted by Gasteiger charge is -2.37. The number of carbonyl (C=O) groups excluding carboxylic acids is 1. The van der Waals surface area contributed by atoms with Gasteiger partial charge < -0.3 is 10.0 Å². The van der Waals surface area contributed by atoms with E-state index in [2.05, 4.69) is 0 Å². The number of aliphatic carboxylic acids is 1. The predicted octanol–water partition coefficient (Wildman–Crippen LogP) is 1.09. The maximum absolute atomic E-state index is 12.5. The van der Waals surface area contributed by atoms with Gasteiger partial charge in [-0.1, -0.05) is 0 Å². The molecule has 2 rings (SSSR count). The number of rotatable bonds is 6. The summed E-state index contributed by atoms with van der Waals surface area (Å²) >= 11 is 1.38. The Kier molecular flexibility index (Phi) is 5.77. The third-order valence-electron chi connectivity index (χ3n) is 3.96. The third-order valence-corrected chi connectivity index (χ3v) is 6.52. The van der Waals surface area contributed by atoms with Crippen LogP contribution in [0.25, 0.3) is 0 Å². The molecule has 1 aromatic rings. The molecule has 1 aromatic heterocycles. The van der Waals surface area contributed by atoms with E-state index in [-0.39, 0.29) is 24.2 Å². The van der Waals surface area contributed by atoms with Crippen molar-refractivity contribution in [3.63, 3.8) is 0 Å². The Labute approximate surface area is 139 Å². The fourth-order valence-corrected chi connectivity index (χ4v) is 4.44. The zero-order valence-electron chi connectivity index (χ0n) is 12.8. The van der Waals surface area contributed by atoms with Crippen LogP contribution < -0.4 is 0 Å². The van der Waals surface area contributed by atoms with Crippen LogP contribution in [-0.4, -0.2) is 66.0 Å². The van der Waals surface area contributed by atoms with Gasteiger partial charge in [0.2, 0.25) is 10.0 Å². The molecule has 23 heavy (non-hydrogen) atoms. The third kappa shape index (κ3) is 4.30. The monoisotopic (exact) mass is 360 g/mol. The molecule has 0 aromatic carbocycles. The molecule has 1 aliphatic heterocycles. The van der Waals surface area contributed by atoms with Crippen LogP contribution in [0.1, 0.15) is 30.1 Å². The van der Waals surface area contributed by atoms with Gasteiger partial charge in [0.1, 0.15) is 6.54 Å². The highest BCUT2D eigenvalue weighted by atomic mass is 32.2. The lowest BCUT2D eigenvalue weighted by molar-refractivity contribution is -0.138. The van der Waals surface area contributed by atoms with Crippen LogP contribution in [0, 0.1) is 0 Å². The smallest absolute Gasteiger partial charge is 0.323 e. The van der Waals surface area contributed by atoms with Crippen molar-refractivity contribution in [1.29, 1.82) is 0 Å². The second kappa shape index (κ2) is 7.41. The number of thiophene rings is 1. The van der Waals surface area contributed by atoms with E-state index in [4.69, 9.17) is 5.11 Å². The Morgan fingerprint density at radius 2 is 2.04 bits per heavy atom. The van der Waals surface area contributed by atoms with E-state index in [0.717, 1.165) is 0 Å². The minimum atomic E-state index is -3.24. The first kappa shape index (κ1) is 17.9. The molecule has 128 valence electrons. The molecule has 0 saturated carbocycles. The SMILES string of the molecule is CCS(=O)(=O)N1CCC(N(CC(=O)O)C(=O)c2ccsc2)CC1. The van der Waals surface area contributed by atoms with Crippen molar-refractivity contribution >= 4 is 33.2 Å². The Morgan fingerprint density at radius 1 is 1.39 bits per heavy atom. The van der Waals surface area contributed by atoms with E-state index in [1.54, 1.807) is 23.8 Å². The highest BCUT2D eigenvalue weighted by Crippen LogP contribution is 2.21. The van der Waals surface area contributed by atoms with E-state index < -0.39 is 16.0 Å². The molecule has 1 amide bonds. The number of carbonyl (C=O) groups is 2. The molecule has 1 fully saturated rings. The Hall–Kier alpha value is -1.45. The van der Waals surface area contributed by atoms with E-state index in [0.29, 0.717) is 31.5 Å². The van der Waals surface area contributed by atoms with Crippen molar-refractivity contribution in [2.24, 2.45) is 0 Å². The fraction of sp³-hybridized carbons (Fsp3) is 0.571. The van der Waals surface area contributed by atoms with Crippen LogP contribution in [0.3, 0.4) is 0 Å². The van der Waals surface area contributed by atoms with Crippen LogP contribution >= 0.6 is 11.3 Å². The van der Waals surface area contributed by atoms with E-state index in [1.165, 1.54) is 20.5 Å². The van der Waals surface area contributed by atoms with Crippen LogP contribution in [0.4, 0.5) is 0 Å². The number of amides is 1. The Morgan fingerprint density at radius 3 is 2.52 bits per heavy atom. The minimum Gasteiger partial charge on any atom is -0.480 e. The van der Waals surface area contributed by atoms with Crippen molar-refractivity contribution < 1.29 is 23.1 Å². The summed E-state index contributed by atoms with van der Waals surface area (Å²) < 4.78 is 25.2. The fourth-order valence-electron chi connectivity index (χ4n) is 2.68. The Balaban J connectivity index is 2.10. The van der Waals surface area contributed by atoms with Crippen LogP contribution in [0.15, 0.2) is 16.8 Å². The molecule has 0 unspecified atom stereocenters. The quantitative estimate of drug-likeness (QED) is 0.819. The predicted molar refractivity (Wildman–Crippen MR) is 87.0 cm³/mol. The minimum absolute atomic E-state index is 0.0460. The van der Waals surface area contributed by atoms with Gasteiger partial charge in [0, 0.05) is 24.5 Å². The summed E-state index contributed by atoms with van der Waals surface area (Å²) in [5, 5.41) is 12.5. The van der Waals surface area contributed by atoms with Gasteiger partial charge in [-0.15, -0.1) is 0 Å². The Bertz CT molecular complexity index is 649. The van der Waals surface area contributed by atoms with Crippen molar-refractivity contribution in [3.8, 4) is 0 Å². The number of hydrogen-bond donors (Lipinski definition) is 1. The maximum Gasteiger partial charge on any atom is 0.323 e. The number of carboxylic acid groups (broad SMARTS) is 1. The van der Waals surface area contributed by atoms with Gasteiger partial charge in [-0.25, -0.2) is 12.7 Å². The standard InChI is InChI=1S/C14H20N2O5S2/c1-2-23(20,21)15-6-3-12(4-7-15)16(9-13(17)18)14(19)11-5-8-22-10-11/h5,8,10,12H,2-4,6-7,9H2,1H3,(H,17,18). The number of piperidine rings is 1. The zero-order chi connectivity index (χ0) is 17.0. The van der Waals surface area contributed by atoms with E-state index in [1.807, 2.05) is 0 Å². The normalized spacial score (nSPS) is 17.1. The highest BCUT2D eigenvalue weighted by Gasteiger charge is 2.33. The lowest BCUT2D eigenvalue weighted by atomic mass is 10.0. The number of hydrogen-bond acceptors (Lipinski definition) is 5. The zero-order valence-corrected chi connectivity index (χ0v) is 14.5. The molecule has 0 spiro atoms. The average molecular weight is 360 g/mol. The summed E-state index contributed by atoms with van der Waals surface area (Å²) in [5.41, 5.74) is 0.472. The molecule has 0 aliphatic carbocycles. The van der Waals surface area contributed by atoms with Crippen molar-refractivity contribution in [3.05, 3.63) is 22.4 Å². The van der Waals surface area contributed by atoms with Crippen LogP contribution in [0.2, 0.25) is 0 Å².